The summed E-state index contributed by atoms with van der Waals surface area (Å²) in [7, 11) is 0. The molecule has 3 rings (SSSR count). The zero-order valence-corrected chi connectivity index (χ0v) is 20.7. The van der Waals surface area contributed by atoms with Gasteiger partial charge in [-0.25, -0.2) is 4.79 Å². The van der Waals surface area contributed by atoms with Crippen LogP contribution in [0.25, 0.3) is 0 Å². The first-order chi connectivity index (χ1) is 16.4. The highest BCUT2D eigenvalue weighted by Crippen LogP contribution is 2.26. The summed E-state index contributed by atoms with van der Waals surface area (Å²) in [4.78, 5) is 49.0. The fourth-order valence-electron chi connectivity index (χ4n) is 3.02. The topological polar surface area (TPSA) is 128 Å². The first-order valence-corrected chi connectivity index (χ1v) is 11.6. The Bertz CT molecular complexity index is 1280. The number of esters is 1. The molecule has 0 saturated heterocycles. The highest BCUT2D eigenvalue weighted by Gasteiger charge is 2.24. The van der Waals surface area contributed by atoms with Crippen molar-refractivity contribution in [1.82, 2.24) is 5.32 Å². The number of anilines is 1. The van der Waals surface area contributed by atoms with E-state index in [1.807, 2.05) is 0 Å². The maximum absolute atomic E-state index is 12.9. The highest BCUT2D eigenvalue weighted by molar-refractivity contribution is 7.18. The molecule has 11 heteroatoms. The summed E-state index contributed by atoms with van der Waals surface area (Å²) in [5.41, 5.74) is -0.0692. The molecule has 1 aromatic heterocycles. The number of carbonyl (C=O) groups is 3. The number of rotatable bonds is 7. The first kappa shape index (κ1) is 25.9. The Labute approximate surface area is 210 Å². The van der Waals surface area contributed by atoms with Gasteiger partial charge in [0.25, 0.3) is 17.5 Å². The highest BCUT2D eigenvalue weighted by atomic mass is 35.5. The largest absolute Gasteiger partial charge is 0.456 e. The monoisotopic (exact) mass is 515 g/mol. The van der Waals surface area contributed by atoms with E-state index in [0.717, 1.165) is 11.3 Å². The zero-order chi connectivity index (χ0) is 25.8. The van der Waals surface area contributed by atoms with E-state index in [1.54, 1.807) is 45.0 Å². The van der Waals surface area contributed by atoms with Crippen molar-refractivity contribution in [2.75, 3.05) is 5.32 Å². The van der Waals surface area contributed by atoms with Crippen LogP contribution in [0.2, 0.25) is 4.34 Å². The van der Waals surface area contributed by atoms with Gasteiger partial charge in [-0.05, 0) is 56.7 Å². The van der Waals surface area contributed by atoms with E-state index in [-0.39, 0.29) is 35.0 Å². The van der Waals surface area contributed by atoms with Crippen LogP contribution < -0.4 is 10.6 Å². The third-order valence-electron chi connectivity index (χ3n) is 4.58. The number of hydrogen-bond donors (Lipinski definition) is 2. The molecule has 0 bridgehead atoms. The fraction of sp³-hybridized carbons (Fsp3) is 0.208. The molecular weight excluding hydrogens is 494 g/mol. The van der Waals surface area contributed by atoms with Gasteiger partial charge < -0.3 is 15.4 Å². The smallest absolute Gasteiger partial charge is 0.340 e. The Morgan fingerprint density at radius 1 is 1.03 bits per heavy atom. The van der Waals surface area contributed by atoms with Gasteiger partial charge in [0, 0.05) is 24.2 Å². The van der Waals surface area contributed by atoms with Crippen molar-refractivity contribution in [1.29, 1.82) is 0 Å². The Morgan fingerprint density at radius 3 is 2.29 bits per heavy atom. The standard InChI is InChI=1S/C24H22ClN3O6S/c1-24(2,3)34-23(31)17-6-4-5-15(13-26-22(30)18-11-12-19(25)35-18)20(17)27-21(29)14-7-9-16(10-8-14)28(32)33/h4-12H,13H2,1-3H3,(H,26,30)(H,27,29). The third-order valence-corrected chi connectivity index (χ3v) is 5.81. The number of non-ortho nitro benzene ring substituents is 1. The maximum atomic E-state index is 12.9. The lowest BCUT2D eigenvalue weighted by Crippen LogP contribution is -2.27. The maximum Gasteiger partial charge on any atom is 0.340 e. The minimum absolute atomic E-state index is 0.000858. The van der Waals surface area contributed by atoms with Gasteiger partial charge in [0.05, 0.1) is 25.4 Å². The number of amides is 2. The van der Waals surface area contributed by atoms with Gasteiger partial charge in [-0.15, -0.1) is 11.3 Å². The number of nitro groups is 1. The van der Waals surface area contributed by atoms with Gasteiger partial charge in [0.1, 0.15) is 5.60 Å². The molecule has 9 nitrogen and oxygen atoms in total. The van der Waals surface area contributed by atoms with E-state index in [9.17, 15) is 24.5 Å². The van der Waals surface area contributed by atoms with Gasteiger partial charge in [0.2, 0.25) is 0 Å². The average Bonchev–Trinajstić information content (AvgIpc) is 3.23. The van der Waals surface area contributed by atoms with Crippen molar-refractivity contribution in [3.8, 4) is 0 Å². The molecule has 0 spiro atoms. The van der Waals surface area contributed by atoms with E-state index >= 15 is 0 Å². The Morgan fingerprint density at radius 2 is 1.71 bits per heavy atom. The van der Waals surface area contributed by atoms with Crippen LogP contribution in [0.3, 0.4) is 0 Å². The second-order valence-corrected chi connectivity index (χ2v) is 10.1. The zero-order valence-electron chi connectivity index (χ0n) is 19.1. The van der Waals surface area contributed by atoms with E-state index < -0.39 is 22.4 Å². The number of carbonyl (C=O) groups excluding carboxylic acids is 3. The van der Waals surface area contributed by atoms with Crippen LogP contribution >= 0.6 is 22.9 Å². The average molecular weight is 516 g/mol. The van der Waals surface area contributed by atoms with Crippen molar-refractivity contribution in [2.24, 2.45) is 0 Å². The van der Waals surface area contributed by atoms with Crippen molar-refractivity contribution in [3.05, 3.63) is 90.6 Å². The van der Waals surface area contributed by atoms with Crippen molar-refractivity contribution < 1.29 is 24.0 Å². The Kier molecular flexibility index (Phi) is 7.88. The molecule has 1 heterocycles. The summed E-state index contributed by atoms with van der Waals surface area (Å²) in [6, 6.07) is 13.0. The molecule has 35 heavy (non-hydrogen) atoms. The molecule has 182 valence electrons. The van der Waals surface area contributed by atoms with Crippen molar-refractivity contribution >= 4 is 52.1 Å². The number of ether oxygens (including phenoxy) is 1. The number of halogens is 1. The van der Waals surface area contributed by atoms with Gasteiger partial charge in [-0.2, -0.15) is 0 Å². The van der Waals surface area contributed by atoms with E-state index in [4.69, 9.17) is 16.3 Å². The molecule has 2 amide bonds. The van der Waals surface area contributed by atoms with Crippen LogP contribution in [-0.4, -0.2) is 28.3 Å². The molecule has 0 saturated carbocycles. The summed E-state index contributed by atoms with van der Waals surface area (Å²) in [5.74, 6) is -1.61. The van der Waals surface area contributed by atoms with Crippen LogP contribution in [0.15, 0.2) is 54.6 Å². The number of nitro benzene ring substituents is 1. The van der Waals surface area contributed by atoms with Crippen LogP contribution in [0, 0.1) is 10.1 Å². The lowest BCUT2D eigenvalue weighted by molar-refractivity contribution is -0.384. The van der Waals surface area contributed by atoms with Crippen LogP contribution in [-0.2, 0) is 11.3 Å². The van der Waals surface area contributed by atoms with Crippen LogP contribution in [0.4, 0.5) is 11.4 Å². The van der Waals surface area contributed by atoms with Crippen molar-refractivity contribution in [2.45, 2.75) is 32.9 Å². The number of thiophene rings is 1. The summed E-state index contributed by atoms with van der Waals surface area (Å²) in [6.45, 7) is 5.16. The molecule has 2 N–H and O–H groups in total. The molecule has 0 fully saturated rings. The van der Waals surface area contributed by atoms with Gasteiger partial charge in [0.15, 0.2) is 0 Å². The minimum Gasteiger partial charge on any atom is -0.456 e. The van der Waals surface area contributed by atoms with Gasteiger partial charge in [-0.3, -0.25) is 19.7 Å². The second-order valence-electron chi connectivity index (χ2n) is 8.39. The fourth-order valence-corrected chi connectivity index (χ4v) is 3.98. The summed E-state index contributed by atoms with van der Waals surface area (Å²) >= 11 is 7.02. The lowest BCUT2D eigenvalue weighted by Gasteiger charge is -2.22. The predicted molar refractivity (Wildman–Crippen MR) is 133 cm³/mol. The van der Waals surface area contributed by atoms with Gasteiger partial charge in [-0.1, -0.05) is 23.7 Å². The third kappa shape index (κ3) is 6.87. The second kappa shape index (κ2) is 10.7. The number of hydrogen-bond acceptors (Lipinski definition) is 7. The number of para-hydroxylation sites is 1. The quantitative estimate of drug-likeness (QED) is 0.245. The number of benzene rings is 2. The lowest BCUT2D eigenvalue weighted by atomic mass is 10.0. The molecule has 3 aromatic rings. The van der Waals surface area contributed by atoms with Crippen LogP contribution in [0.5, 0.6) is 0 Å². The van der Waals surface area contributed by atoms with Crippen LogP contribution in [0.1, 0.15) is 56.7 Å². The van der Waals surface area contributed by atoms with E-state index in [0.29, 0.717) is 14.8 Å². The molecule has 2 aromatic carbocycles. The molecule has 0 aliphatic heterocycles. The SMILES string of the molecule is CC(C)(C)OC(=O)c1cccc(CNC(=O)c2ccc(Cl)s2)c1NC(=O)c1ccc([N+](=O)[O-])cc1. The molecule has 0 atom stereocenters. The van der Waals surface area contributed by atoms with E-state index in [1.165, 1.54) is 30.3 Å². The Hall–Kier alpha value is -3.76. The summed E-state index contributed by atoms with van der Waals surface area (Å²) < 4.78 is 5.95. The number of nitrogens with one attached hydrogen (secondary N) is 2. The minimum atomic E-state index is -0.778. The normalized spacial score (nSPS) is 11.0. The van der Waals surface area contributed by atoms with E-state index in [2.05, 4.69) is 10.6 Å². The summed E-state index contributed by atoms with van der Waals surface area (Å²) in [6.07, 6.45) is 0. The predicted octanol–water partition coefficient (Wildman–Crippen LogP) is 5.45. The Balaban J connectivity index is 1.91. The summed E-state index contributed by atoms with van der Waals surface area (Å²) in [5, 5.41) is 16.3. The first-order valence-electron chi connectivity index (χ1n) is 10.4. The molecule has 0 aliphatic carbocycles. The number of nitrogens with zero attached hydrogens (tertiary/aromatic N) is 1. The van der Waals surface area contributed by atoms with Gasteiger partial charge >= 0.3 is 5.97 Å². The van der Waals surface area contributed by atoms with Crippen molar-refractivity contribution in [3.63, 3.8) is 0 Å². The molecular formula is C24H22ClN3O6S. The molecule has 0 radical (unpaired) electrons. The molecule has 0 aliphatic rings. The molecule has 0 unspecified atom stereocenters.